The molecule has 0 amide bonds. The molecule has 0 fully saturated rings. The lowest BCUT2D eigenvalue weighted by Gasteiger charge is -2.17. The molecule has 0 saturated heterocycles. The summed E-state index contributed by atoms with van der Waals surface area (Å²) in [5.74, 6) is -0.192. The fourth-order valence-corrected chi connectivity index (χ4v) is 3.59. The van der Waals surface area contributed by atoms with Crippen molar-refractivity contribution in [3.05, 3.63) is 132 Å². The van der Waals surface area contributed by atoms with Gasteiger partial charge in [0, 0.05) is 12.5 Å². The smallest absolute Gasteiger partial charge is 0.127 e. The zero-order valence-corrected chi connectivity index (χ0v) is 16.2. The third-order valence-corrected chi connectivity index (χ3v) is 5.08. The van der Waals surface area contributed by atoms with E-state index in [1.165, 1.54) is 11.6 Å². The Balaban J connectivity index is 1.55. The normalized spacial score (nSPS) is 12.3. The van der Waals surface area contributed by atoms with Crippen LogP contribution in [0.3, 0.4) is 0 Å². The molecule has 0 bridgehead atoms. The number of aromatic nitrogens is 2. The molecule has 1 unspecified atom stereocenters. The molecule has 1 aromatic heterocycles. The molecule has 144 valence electrons. The van der Waals surface area contributed by atoms with Gasteiger partial charge < -0.3 is 4.57 Å². The van der Waals surface area contributed by atoms with E-state index < -0.39 is 0 Å². The fourth-order valence-electron chi connectivity index (χ4n) is 3.59. The van der Waals surface area contributed by atoms with E-state index >= 15 is 0 Å². The monoisotopic (exact) mass is 382 g/mol. The Morgan fingerprint density at radius 2 is 1.55 bits per heavy atom. The number of hydrogen-bond donors (Lipinski definition) is 0. The number of benzene rings is 3. The minimum Gasteiger partial charge on any atom is -0.327 e. The van der Waals surface area contributed by atoms with E-state index in [1.54, 1.807) is 6.07 Å². The zero-order chi connectivity index (χ0) is 19.9. The molecule has 1 atom stereocenters. The lowest BCUT2D eigenvalue weighted by molar-refractivity contribution is 0.597. The third kappa shape index (κ3) is 4.69. The summed E-state index contributed by atoms with van der Waals surface area (Å²) in [6, 6.07) is 27.5. The van der Waals surface area contributed by atoms with Gasteiger partial charge in [-0.15, -0.1) is 0 Å². The van der Waals surface area contributed by atoms with Gasteiger partial charge in [0.15, 0.2) is 0 Å². The number of rotatable bonds is 7. The van der Waals surface area contributed by atoms with Crippen LogP contribution in [0.2, 0.25) is 0 Å². The lowest BCUT2D eigenvalue weighted by Crippen LogP contribution is -2.03. The van der Waals surface area contributed by atoms with Crippen molar-refractivity contribution in [2.24, 2.45) is 0 Å². The molecule has 4 rings (SSSR count). The molecule has 0 N–H and O–H groups in total. The SMILES string of the molecule is Fc1ccccc1C(CC=Cc1cncn1Cc1ccccc1)c1ccccc1. The van der Waals surface area contributed by atoms with Crippen molar-refractivity contribution in [3.63, 3.8) is 0 Å². The van der Waals surface area contributed by atoms with E-state index in [0.29, 0.717) is 6.42 Å². The highest BCUT2D eigenvalue weighted by molar-refractivity contribution is 5.45. The van der Waals surface area contributed by atoms with E-state index in [-0.39, 0.29) is 11.7 Å². The molecular weight excluding hydrogens is 359 g/mol. The Hall–Kier alpha value is -3.46. The maximum Gasteiger partial charge on any atom is 0.127 e. The molecule has 4 aromatic rings. The van der Waals surface area contributed by atoms with Crippen LogP contribution in [0.1, 0.15) is 34.7 Å². The van der Waals surface area contributed by atoms with Gasteiger partial charge in [-0.25, -0.2) is 9.37 Å². The van der Waals surface area contributed by atoms with Crippen LogP contribution < -0.4 is 0 Å². The number of nitrogens with zero attached hydrogens (tertiary/aromatic N) is 2. The van der Waals surface area contributed by atoms with Crippen LogP contribution in [0.25, 0.3) is 6.08 Å². The van der Waals surface area contributed by atoms with Crippen LogP contribution in [-0.4, -0.2) is 9.55 Å². The maximum atomic E-state index is 14.5. The first-order valence-corrected chi connectivity index (χ1v) is 9.81. The Morgan fingerprint density at radius 3 is 2.31 bits per heavy atom. The first-order valence-electron chi connectivity index (χ1n) is 9.81. The van der Waals surface area contributed by atoms with Crippen LogP contribution in [0, 0.1) is 5.82 Å². The summed E-state index contributed by atoms with van der Waals surface area (Å²) in [7, 11) is 0. The molecule has 3 aromatic carbocycles. The maximum absolute atomic E-state index is 14.5. The van der Waals surface area contributed by atoms with Crippen LogP contribution in [0.5, 0.6) is 0 Å². The van der Waals surface area contributed by atoms with Gasteiger partial charge in [0.1, 0.15) is 5.82 Å². The molecule has 0 saturated carbocycles. The summed E-state index contributed by atoms with van der Waals surface area (Å²) in [5, 5.41) is 0. The highest BCUT2D eigenvalue weighted by Gasteiger charge is 2.16. The molecule has 0 aliphatic carbocycles. The summed E-state index contributed by atoms with van der Waals surface area (Å²) in [6.45, 7) is 0.774. The summed E-state index contributed by atoms with van der Waals surface area (Å²) in [5.41, 5.74) is 4.10. The second kappa shape index (κ2) is 9.16. The van der Waals surface area contributed by atoms with Crippen LogP contribution in [0.15, 0.2) is 104 Å². The van der Waals surface area contributed by atoms with E-state index in [4.69, 9.17) is 0 Å². The molecule has 3 heteroatoms. The standard InChI is InChI=1S/C26H23FN2/c27-26-17-8-7-15-25(26)24(22-12-5-2-6-13-22)16-9-14-23-18-28-20-29(23)19-21-10-3-1-4-11-21/h1-15,17-18,20,24H,16,19H2. The fraction of sp³-hybridized carbons (Fsp3) is 0.115. The van der Waals surface area contributed by atoms with E-state index in [9.17, 15) is 4.39 Å². The number of hydrogen-bond acceptors (Lipinski definition) is 1. The van der Waals surface area contributed by atoms with Crippen molar-refractivity contribution in [2.45, 2.75) is 18.9 Å². The molecule has 2 nitrogen and oxygen atoms in total. The van der Waals surface area contributed by atoms with Gasteiger partial charge in [0.2, 0.25) is 0 Å². The molecule has 0 spiro atoms. The van der Waals surface area contributed by atoms with Crippen molar-refractivity contribution in [2.75, 3.05) is 0 Å². The quantitative estimate of drug-likeness (QED) is 0.366. The van der Waals surface area contributed by atoms with Crippen molar-refractivity contribution in [1.29, 1.82) is 0 Å². The zero-order valence-electron chi connectivity index (χ0n) is 16.2. The molecular formula is C26H23FN2. The van der Waals surface area contributed by atoms with Crippen LogP contribution in [-0.2, 0) is 6.54 Å². The number of halogens is 1. The first kappa shape index (κ1) is 18.9. The Kier molecular flexibility index (Phi) is 5.96. The van der Waals surface area contributed by atoms with Gasteiger partial charge in [0.05, 0.1) is 18.2 Å². The summed E-state index contributed by atoms with van der Waals surface area (Å²) < 4.78 is 16.6. The first-order chi connectivity index (χ1) is 14.3. The Labute approximate surface area is 171 Å². The predicted molar refractivity (Wildman–Crippen MR) is 116 cm³/mol. The predicted octanol–water partition coefficient (Wildman–Crippen LogP) is 6.31. The summed E-state index contributed by atoms with van der Waals surface area (Å²) >= 11 is 0. The highest BCUT2D eigenvalue weighted by atomic mass is 19.1. The van der Waals surface area contributed by atoms with Gasteiger partial charge >= 0.3 is 0 Å². The van der Waals surface area contributed by atoms with Gasteiger partial charge in [-0.3, -0.25) is 0 Å². The lowest BCUT2D eigenvalue weighted by atomic mass is 9.88. The number of imidazole rings is 1. The van der Waals surface area contributed by atoms with E-state index in [0.717, 1.165) is 23.4 Å². The topological polar surface area (TPSA) is 17.8 Å². The second-order valence-corrected chi connectivity index (χ2v) is 7.05. The highest BCUT2D eigenvalue weighted by Crippen LogP contribution is 2.30. The minimum atomic E-state index is -0.163. The van der Waals surface area contributed by atoms with E-state index in [1.807, 2.05) is 61.1 Å². The van der Waals surface area contributed by atoms with Crippen molar-refractivity contribution < 1.29 is 4.39 Å². The van der Waals surface area contributed by atoms with Gasteiger partial charge in [-0.1, -0.05) is 84.9 Å². The van der Waals surface area contributed by atoms with Crippen molar-refractivity contribution in [3.8, 4) is 0 Å². The molecule has 1 heterocycles. The van der Waals surface area contributed by atoms with Gasteiger partial charge in [-0.2, -0.15) is 0 Å². The van der Waals surface area contributed by atoms with Crippen molar-refractivity contribution >= 4 is 6.08 Å². The summed E-state index contributed by atoms with van der Waals surface area (Å²) in [6.07, 6.45) is 8.61. The number of allylic oxidation sites excluding steroid dienone is 1. The molecule has 0 aliphatic heterocycles. The van der Waals surface area contributed by atoms with Crippen LogP contribution >= 0.6 is 0 Å². The largest absolute Gasteiger partial charge is 0.327 e. The minimum absolute atomic E-state index is 0.0286. The van der Waals surface area contributed by atoms with E-state index in [2.05, 4.69) is 46.0 Å². The van der Waals surface area contributed by atoms with Crippen LogP contribution in [0.4, 0.5) is 4.39 Å². The Bertz CT molecular complexity index is 1070. The van der Waals surface area contributed by atoms with Gasteiger partial charge in [-0.05, 0) is 35.3 Å². The van der Waals surface area contributed by atoms with Gasteiger partial charge in [0.25, 0.3) is 0 Å². The average Bonchev–Trinajstić information content (AvgIpc) is 3.20. The molecule has 0 radical (unpaired) electrons. The van der Waals surface area contributed by atoms with Crippen molar-refractivity contribution in [1.82, 2.24) is 9.55 Å². The Morgan fingerprint density at radius 1 is 0.862 bits per heavy atom. The molecule has 0 aliphatic rings. The third-order valence-electron chi connectivity index (χ3n) is 5.08. The second-order valence-electron chi connectivity index (χ2n) is 7.05. The summed E-state index contributed by atoms with van der Waals surface area (Å²) in [4.78, 5) is 4.30. The average molecular weight is 382 g/mol. The molecule has 29 heavy (non-hydrogen) atoms.